The molecule has 2 aromatic carbocycles. The molecule has 0 aliphatic carbocycles. The Morgan fingerprint density at radius 2 is 1.43 bits per heavy atom. The Kier molecular flexibility index (Phi) is 6.86. The summed E-state index contributed by atoms with van der Waals surface area (Å²) in [5.41, 5.74) is 1.47. The highest BCUT2D eigenvalue weighted by atomic mass is 32.2. The van der Waals surface area contributed by atoms with Crippen molar-refractivity contribution in [2.75, 3.05) is 47.9 Å². The molecule has 0 bridgehead atoms. The molecule has 1 fully saturated rings. The predicted molar refractivity (Wildman–Crippen MR) is 108 cm³/mol. The van der Waals surface area contributed by atoms with Crippen molar-refractivity contribution < 1.29 is 18.4 Å². The predicted octanol–water partition coefficient (Wildman–Crippen LogP) is 2.99. The van der Waals surface area contributed by atoms with Gasteiger partial charge in [0.1, 0.15) is 11.6 Å². The van der Waals surface area contributed by atoms with Gasteiger partial charge in [0.25, 0.3) is 0 Å². The summed E-state index contributed by atoms with van der Waals surface area (Å²) in [6.45, 7) is 2.57. The fraction of sp³-hybridized carbons (Fsp3) is 0.300. The van der Waals surface area contributed by atoms with Crippen LogP contribution in [-0.4, -0.2) is 54.4 Å². The van der Waals surface area contributed by atoms with Crippen molar-refractivity contribution in [2.24, 2.45) is 0 Å². The number of carbonyl (C=O) groups is 2. The van der Waals surface area contributed by atoms with E-state index < -0.39 is 0 Å². The summed E-state index contributed by atoms with van der Waals surface area (Å²) in [6.07, 6.45) is 0. The summed E-state index contributed by atoms with van der Waals surface area (Å²) >= 11 is 1.25. The standard InChI is InChI=1S/C20H21F2N3O2S/c21-15-1-5-17(6-2-15)23-19(26)13-28-14-20(27)25-11-9-24(10-12-25)18-7-3-16(22)4-8-18/h1-8H,9-14H2,(H,23,26). The van der Waals surface area contributed by atoms with Gasteiger partial charge in [-0.25, -0.2) is 8.78 Å². The second-order valence-corrected chi connectivity index (χ2v) is 7.38. The van der Waals surface area contributed by atoms with E-state index in [1.807, 2.05) is 0 Å². The molecule has 0 aromatic heterocycles. The van der Waals surface area contributed by atoms with Crippen LogP contribution >= 0.6 is 11.8 Å². The fourth-order valence-corrected chi connectivity index (χ4v) is 3.64. The van der Waals surface area contributed by atoms with E-state index in [0.29, 0.717) is 31.9 Å². The van der Waals surface area contributed by atoms with Crippen LogP contribution in [0, 0.1) is 11.6 Å². The van der Waals surface area contributed by atoms with Crippen molar-refractivity contribution in [1.29, 1.82) is 0 Å². The molecule has 1 saturated heterocycles. The van der Waals surface area contributed by atoms with Crippen molar-refractivity contribution in [3.63, 3.8) is 0 Å². The Morgan fingerprint density at radius 1 is 0.857 bits per heavy atom. The number of amides is 2. The highest BCUT2D eigenvalue weighted by molar-refractivity contribution is 8.00. The molecule has 2 amide bonds. The minimum Gasteiger partial charge on any atom is -0.368 e. The van der Waals surface area contributed by atoms with Crippen LogP contribution in [0.1, 0.15) is 0 Å². The number of hydrogen-bond donors (Lipinski definition) is 1. The number of hydrogen-bond acceptors (Lipinski definition) is 4. The zero-order chi connectivity index (χ0) is 19.9. The van der Waals surface area contributed by atoms with Gasteiger partial charge in [0.05, 0.1) is 11.5 Å². The van der Waals surface area contributed by atoms with Crippen molar-refractivity contribution >= 4 is 35.0 Å². The molecule has 1 heterocycles. The largest absolute Gasteiger partial charge is 0.368 e. The third-order valence-corrected chi connectivity index (χ3v) is 5.33. The summed E-state index contributed by atoms with van der Waals surface area (Å²) in [7, 11) is 0. The van der Waals surface area contributed by atoms with Crippen LogP contribution in [0.15, 0.2) is 48.5 Å². The van der Waals surface area contributed by atoms with Crippen molar-refractivity contribution in [3.8, 4) is 0 Å². The summed E-state index contributed by atoms with van der Waals surface area (Å²) in [5, 5.41) is 2.67. The molecule has 2 aromatic rings. The average molecular weight is 405 g/mol. The van der Waals surface area contributed by atoms with Crippen molar-refractivity contribution in [1.82, 2.24) is 4.90 Å². The average Bonchev–Trinajstić information content (AvgIpc) is 2.70. The van der Waals surface area contributed by atoms with Crippen molar-refractivity contribution in [3.05, 3.63) is 60.2 Å². The zero-order valence-corrected chi connectivity index (χ0v) is 16.1. The summed E-state index contributed by atoms with van der Waals surface area (Å²) in [5.74, 6) is -0.481. The third-order valence-electron chi connectivity index (χ3n) is 4.41. The lowest BCUT2D eigenvalue weighted by Gasteiger charge is -2.36. The van der Waals surface area contributed by atoms with E-state index in [1.165, 1.54) is 48.2 Å². The number of thioether (sulfide) groups is 1. The van der Waals surface area contributed by atoms with E-state index >= 15 is 0 Å². The smallest absolute Gasteiger partial charge is 0.234 e. The highest BCUT2D eigenvalue weighted by Crippen LogP contribution is 2.17. The Hall–Kier alpha value is -2.61. The first-order valence-electron chi connectivity index (χ1n) is 8.93. The topological polar surface area (TPSA) is 52.7 Å². The lowest BCUT2D eigenvalue weighted by atomic mass is 10.2. The lowest BCUT2D eigenvalue weighted by Crippen LogP contribution is -2.49. The zero-order valence-electron chi connectivity index (χ0n) is 15.2. The van der Waals surface area contributed by atoms with Gasteiger partial charge in [-0.3, -0.25) is 9.59 Å². The first-order valence-corrected chi connectivity index (χ1v) is 10.1. The van der Waals surface area contributed by atoms with Gasteiger partial charge in [0.2, 0.25) is 11.8 Å². The van der Waals surface area contributed by atoms with Crippen LogP contribution in [0.2, 0.25) is 0 Å². The lowest BCUT2D eigenvalue weighted by molar-refractivity contribution is -0.128. The summed E-state index contributed by atoms with van der Waals surface area (Å²) < 4.78 is 25.9. The van der Waals surface area contributed by atoms with Gasteiger partial charge in [0, 0.05) is 37.6 Å². The van der Waals surface area contributed by atoms with Gasteiger partial charge in [0.15, 0.2) is 0 Å². The molecule has 3 rings (SSSR count). The highest BCUT2D eigenvalue weighted by Gasteiger charge is 2.21. The minimum absolute atomic E-state index is 0.00154. The number of nitrogens with zero attached hydrogens (tertiary/aromatic N) is 2. The van der Waals surface area contributed by atoms with Gasteiger partial charge < -0.3 is 15.1 Å². The fourth-order valence-electron chi connectivity index (χ4n) is 2.92. The van der Waals surface area contributed by atoms with E-state index in [1.54, 1.807) is 17.0 Å². The van der Waals surface area contributed by atoms with E-state index in [4.69, 9.17) is 0 Å². The number of rotatable bonds is 6. The molecule has 8 heteroatoms. The first-order chi connectivity index (χ1) is 13.5. The molecule has 28 heavy (non-hydrogen) atoms. The van der Waals surface area contributed by atoms with Gasteiger partial charge in [-0.1, -0.05) is 0 Å². The summed E-state index contributed by atoms with van der Waals surface area (Å²) in [6, 6.07) is 11.9. The third kappa shape index (κ3) is 5.69. The second kappa shape index (κ2) is 9.54. The normalized spacial score (nSPS) is 14.1. The van der Waals surface area contributed by atoms with Gasteiger partial charge in [-0.2, -0.15) is 0 Å². The van der Waals surface area contributed by atoms with E-state index in [9.17, 15) is 18.4 Å². The van der Waals surface area contributed by atoms with Crippen molar-refractivity contribution in [2.45, 2.75) is 0 Å². The number of anilines is 2. The Bertz CT molecular complexity index is 807. The van der Waals surface area contributed by atoms with Crippen LogP contribution in [0.5, 0.6) is 0 Å². The first kappa shape index (κ1) is 20.1. The maximum atomic E-state index is 13.0. The van der Waals surface area contributed by atoms with E-state index in [-0.39, 0.29) is 35.0 Å². The number of benzene rings is 2. The molecule has 5 nitrogen and oxygen atoms in total. The van der Waals surface area contributed by atoms with Crippen LogP contribution in [-0.2, 0) is 9.59 Å². The monoisotopic (exact) mass is 405 g/mol. The van der Waals surface area contributed by atoms with E-state index in [2.05, 4.69) is 10.2 Å². The Balaban J connectivity index is 1.37. The van der Waals surface area contributed by atoms with Gasteiger partial charge in [-0.05, 0) is 48.5 Å². The molecule has 0 saturated carbocycles. The van der Waals surface area contributed by atoms with Crippen LogP contribution in [0.25, 0.3) is 0 Å². The SMILES string of the molecule is O=C(CSCC(=O)N1CCN(c2ccc(F)cc2)CC1)Nc1ccc(F)cc1. The van der Waals surface area contributed by atoms with Crippen LogP contribution < -0.4 is 10.2 Å². The molecule has 0 atom stereocenters. The molecule has 0 spiro atoms. The molecule has 1 aliphatic heterocycles. The molecule has 1 aliphatic rings. The maximum Gasteiger partial charge on any atom is 0.234 e. The molecule has 0 radical (unpaired) electrons. The number of piperazine rings is 1. The molecule has 1 N–H and O–H groups in total. The van der Waals surface area contributed by atoms with Crippen LogP contribution in [0.4, 0.5) is 20.2 Å². The van der Waals surface area contributed by atoms with Gasteiger partial charge >= 0.3 is 0 Å². The molecule has 0 unspecified atom stereocenters. The number of carbonyl (C=O) groups excluding carboxylic acids is 2. The minimum atomic E-state index is -0.363. The number of nitrogens with one attached hydrogen (secondary N) is 1. The molecule has 148 valence electrons. The number of halogens is 2. The second-order valence-electron chi connectivity index (χ2n) is 6.39. The molecular formula is C20H21F2N3O2S. The van der Waals surface area contributed by atoms with Gasteiger partial charge in [-0.15, -0.1) is 11.8 Å². The quantitative estimate of drug-likeness (QED) is 0.803. The van der Waals surface area contributed by atoms with Crippen LogP contribution in [0.3, 0.4) is 0 Å². The maximum absolute atomic E-state index is 13.0. The molecular weight excluding hydrogens is 384 g/mol. The Labute approximate surface area is 166 Å². The van der Waals surface area contributed by atoms with E-state index in [0.717, 1.165) is 5.69 Å². The summed E-state index contributed by atoms with van der Waals surface area (Å²) in [4.78, 5) is 28.1. The Morgan fingerprint density at radius 3 is 2.04 bits per heavy atom.